The fourth-order valence-corrected chi connectivity index (χ4v) is 2.29. The van der Waals surface area contributed by atoms with E-state index in [1.165, 1.54) is 10.9 Å². The maximum absolute atomic E-state index is 11.4. The zero-order valence-corrected chi connectivity index (χ0v) is 12.2. The normalized spacial score (nSPS) is 10.5. The van der Waals surface area contributed by atoms with Crippen LogP contribution in [0.4, 0.5) is 0 Å². The third-order valence-electron chi connectivity index (χ3n) is 2.80. The van der Waals surface area contributed by atoms with Crippen molar-refractivity contribution in [2.45, 2.75) is 0 Å². The van der Waals surface area contributed by atoms with E-state index in [0.29, 0.717) is 17.2 Å². The Balaban J connectivity index is 2.16. The van der Waals surface area contributed by atoms with Gasteiger partial charge in [0.1, 0.15) is 11.3 Å². The maximum atomic E-state index is 11.4. The molecular weight excluding hydrogens is 336 g/mol. The number of hydrogen-bond acceptors (Lipinski definition) is 4. The molecule has 0 saturated carbocycles. The van der Waals surface area contributed by atoms with Crippen LogP contribution in [0.1, 0.15) is 10.4 Å². The molecule has 0 atom stereocenters. The van der Waals surface area contributed by atoms with Crippen LogP contribution >= 0.6 is 15.9 Å². The minimum absolute atomic E-state index is 0.0977. The predicted octanol–water partition coefficient (Wildman–Crippen LogP) is 2.79. The van der Waals surface area contributed by atoms with Crippen molar-refractivity contribution in [3.8, 4) is 17.2 Å². The number of carboxylic acid groups (broad SMARTS) is 1. The Morgan fingerprint density at radius 2 is 1.95 bits per heavy atom. The number of aromatic nitrogens is 4. The molecule has 0 fully saturated rings. The van der Waals surface area contributed by atoms with Crippen LogP contribution in [0.5, 0.6) is 0 Å². The van der Waals surface area contributed by atoms with Crippen molar-refractivity contribution < 1.29 is 9.90 Å². The molecule has 3 rings (SSSR count). The van der Waals surface area contributed by atoms with Crippen molar-refractivity contribution in [2.24, 2.45) is 0 Å². The summed E-state index contributed by atoms with van der Waals surface area (Å²) in [6.45, 7) is 0. The van der Waals surface area contributed by atoms with Crippen LogP contribution in [0, 0.1) is 0 Å². The number of nitrogens with zero attached hydrogens (tertiary/aromatic N) is 4. The summed E-state index contributed by atoms with van der Waals surface area (Å²) in [5.74, 6) is -0.728. The van der Waals surface area contributed by atoms with E-state index in [2.05, 4.69) is 31.0 Å². The van der Waals surface area contributed by atoms with Gasteiger partial charge in [0.05, 0.1) is 0 Å². The number of benzene rings is 1. The second-order valence-corrected chi connectivity index (χ2v) is 5.12. The molecule has 0 spiro atoms. The van der Waals surface area contributed by atoms with Crippen LogP contribution in [0.2, 0.25) is 0 Å². The fraction of sp³-hybridized carbons (Fsp3) is 0. The third kappa shape index (κ3) is 2.68. The molecule has 0 bridgehead atoms. The summed E-state index contributed by atoms with van der Waals surface area (Å²) in [6, 6.07) is 8.98. The van der Waals surface area contributed by atoms with E-state index in [4.69, 9.17) is 0 Å². The molecule has 0 unspecified atom stereocenters. The molecule has 6 nitrogen and oxygen atoms in total. The average Bonchev–Trinajstić information content (AvgIpc) is 2.93. The molecule has 0 aliphatic carbocycles. The smallest absolute Gasteiger partial charge is 0.339 e. The summed E-state index contributed by atoms with van der Waals surface area (Å²) in [4.78, 5) is 19.5. The van der Waals surface area contributed by atoms with Crippen LogP contribution in [0.25, 0.3) is 17.2 Å². The molecule has 0 radical (unpaired) electrons. The zero-order chi connectivity index (χ0) is 14.8. The summed E-state index contributed by atoms with van der Waals surface area (Å²) in [5, 5.41) is 13.7. The summed E-state index contributed by atoms with van der Waals surface area (Å²) in [6.07, 6.45) is 4.56. The minimum Gasteiger partial charge on any atom is -0.478 e. The van der Waals surface area contributed by atoms with E-state index in [9.17, 15) is 9.90 Å². The van der Waals surface area contributed by atoms with Gasteiger partial charge in [-0.05, 0) is 18.2 Å². The number of carboxylic acids is 1. The maximum Gasteiger partial charge on any atom is 0.339 e. The zero-order valence-electron chi connectivity index (χ0n) is 10.6. The van der Waals surface area contributed by atoms with Gasteiger partial charge in [-0.1, -0.05) is 28.1 Å². The molecule has 3 aromatic rings. The third-order valence-corrected chi connectivity index (χ3v) is 3.29. The van der Waals surface area contributed by atoms with Crippen molar-refractivity contribution in [2.75, 3.05) is 0 Å². The van der Waals surface area contributed by atoms with Gasteiger partial charge in [-0.25, -0.2) is 19.4 Å². The molecule has 2 aromatic heterocycles. The van der Waals surface area contributed by atoms with E-state index in [-0.39, 0.29) is 5.56 Å². The minimum atomic E-state index is -1.05. The standard InChI is InChI=1S/C14H9BrN4O2/c15-10-4-1-3-9(7-10)12-11(13(20)21)8-19(18-12)14-16-5-2-6-17-14/h1-8H,(H,20,21). The quantitative estimate of drug-likeness (QED) is 0.789. The van der Waals surface area contributed by atoms with E-state index in [1.807, 2.05) is 18.2 Å². The molecule has 7 heteroatoms. The van der Waals surface area contributed by atoms with E-state index in [0.717, 1.165) is 4.47 Å². The van der Waals surface area contributed by atoms with Crippen molar-refractivity contribution in [3.63, 3.8) is 0 Å². The van der Waals surface area contributed by atoms with Gasteiger partial charge < -0.3 is 5.11 Å². The van der Waals surface area contributed by atoms with Gasteiger partial charge >= 0.3 is 5.97 Å². The van der Waals surface area contributed by atoms with E-state index < -0.39 is 5.97 Å². The predicted molar refractivity (Wildman–Crippen MR) is 79.2 cm³/mol. The molecule has 104 valence electrons. The molecule has 0 aliphatic rings. The van der Waals surface area contributed by atoms with Gasteiger partial charge in [0.25, 0.3) is 0 Å². The lowest BCUT2D eigenvalue weighted by Gasteiger charge is -2.00. The first-order valence-electron chi connectivity index (χ1n) is 6.01. The van der Waals surface area contributed by atoms with Crippen LogP contribution in [0.15, 0.2) is 53.4 Å². The van der Waals surface area contributed by atoms with Gasteiger partial charge in [0.2, 0.25) is 5.95 Å². The lowest BCUT2D eigenvalue weighted by Crippen LogP contribution is -2.00. The van der Waals surface area contributed by atoms with Crippen molar-refractivity contribution in [1.29, 1.82) is 0 Å². The lowest BCUT2D eigenvalue weighted by atomic mass is 10.1. The first-order chi connectivity index (χ1) is 10.1. The first kappa shape index (κ1) is 13.4. The monoisotopic (exact) mass is 344 g/mol. The molecule has 21 heavy (non-hydrogen) atoms. The molecule has 1 N–H and O–H groups in total. The highest BCUT2D eigenvalue weighted by atomic mass is 79.9. The van der Waals surface area contributed by atoms with Crippen molar-refractivity contribution in [1.82, 2.24) is 19.7 Å². The van der Waals surface area contributed by atoms with Gasteiger partial charge in [0, 0.05) is 28.6 Å². The van der Waals surface area contributed by atoms with E-state index >= 15 is 0 Å². The summed E-state index contributed by atoms with van der Waals surface area (Å²) < 4.78 is 2.21. The van der Waals surface area contributed by atoms with E-state index in [1.54, 1.807) is 24.5 Å². The Hall–Kier alpha value is -2.54. The van der Waals surface area contributed by atoms with Gasteiger partial charge in [-0.3, -0.25) is 0 Å². The Kier molecular flexibility index (Phi) is 3.49. The topological polar surface area (TPSA) is 80.9 Å². The van der Waals surface area contributed by atoms with Crippen LogP contribution in [-0.4, -0.2) is 30.8 Å². The largest absolute Gasteiger partial charge is 0.478 e. The van der Waals surface area contributed by atoms with Crippen molar-refractivity contribution >= 4 is 21.9 Å². The highest BCUT2D eigenvalue weighted by molar-refractivity contribution is 9.10. The Morgan fingerprint density at radius 1 is 1.19 bits per heavy atom. The van der Waals surface area contributed by atoms with Gasteiger partial charge in [-0.2, -0.15) is 5.10 Å². The first-order valence-corrected chi connectivity index (χ1v) is 6.81. The van der Waals surface area contributed by atoms with Crippen molar-refractivity contribution in [3.05, 3.63) is 59.0 Å². The molecule has 0 saturated heterocycles. The Bertz CT molecular complexity index is 802. The highest BCUT2D eigenvalue weighted by Crippen LogP contribution is 2.25. The second-order valence-electron chi connectivity index (χ2n) is 4.20. The van der Waals surface area contributed by atoms with Gasteiger partial charge in [-0.15, -0.1) is 0 Å². The molecule has 0 aliphatic heterocycles. The molecule has 2 heterocycles. The molecule has 0 amide bonds. The Morgan fingerprint density at radius 3 is 2.62 bits per heavy atom. The van der Waals surface area contributed by atoms with Gasteiger partial charge in [0.15, 0.2) is 0 Å². The molecular formula is C14H9BrN4O2. The number of aromatic carboxylic acids is 1. The molecule has 1 aromatic carbocycles. The summed E-state index contributed by atoms with van der Waals surface area (Å²) in [5.41, 5.74) is 1.17. The number of hydrogen-bond donors (Lipinski definition) is 1. The highest BCUT2D eigenvalue weighted by Gasteiger charge is 2.18. The van der Waals surface area contributed by atoms with Crippen LogP contribution in [-0.2, 0) is 0 Å². The summed E-state index contributed by atoms with van der Waals surface area (Å²) >= 11 is 3.37. The fourth-order valence-electron chi connectivity index (χ4n) is 1.89. The summed E-state index contributed by atoms with van der Waals surface area (Å²) in [7, 11) is 0. The van der Waals surface area contributed by atoms with Crippen LogP contribution in [0.3, 0.4) is 0 Å². The lowest BCUT2D eigenvalue weighted by molar-refractivity contribution is 0.0697. The average molecular weight is 345 g/mol. The number of rotatable bonds is 3. The second kappa shape index (κ2) is 5.45. The number of carbonyl (C=O) groups is 1. The van der Waals surface area contributed by atoms with Crippen LogP contribution < -0.4 is 0 Å². The Labute approximate surface area is 128 Å². The number of halogens is 1. The SMILES string of the molecule is O=C(O)c1cn(-c2ncccn2)nc1-c1cccc(Br)c1.